The van der Waals surface area contributed by atoms with Crippen molar-refractivity contribution in [2.75, 3.05) is 12.4 Å². The zero-order chi connectivity index (χ0) is 12.9. The summed E-state index contributed by atoms with van der Waals surface area (Å²) in [5.74, 6) is 0.851. The predicted octanol–water partition coefficient (Wildman–Crippen LogP) is 3.29. The van der Waals surface area contributed by atoms with Crippen LogP contribution in [0.25, 0.3) is 0 Å². The van der Waals surface area contributed by atoms with E-state index >= 15 is 0 Å². The smallest absolute Gasteiger partial charge is 0.0618 e. The SMILES string of the molecule is CC(C)NC(C)(CO)CSc1ccc(Br)cc1. The highest BCUT2D eigenvalue weighted by Gasteiger charge is 2.23. The lowest BCUT2D eigenvalue weighted by Gasteiger charge is -2.30. The van der Waals surface area contributed by atoms with E-state index in [2.05, 4.69) is 54.2 Å². The maximum absolute atomic E-state index is 9.47. The van der Waals surface area contributed by atoms with Crippen LogP contribution in [-0.4, -0.2) is 29.0 Å². The monoisotopic (exact) mass is 317 g/mol. The second-order valence-corrected chi connectivity index (χ2v) is 6.72. The molecule has 1 rings (SSSR count). The van der Waals surface area contributed by atoms with Gasteiger partial charge in [-0.2, -0.15) is 0 Å². The molecule has 96 valence electrons. The standard InChI is InChI=1S/C13H20BrNOS/c1-10(2)15-13(3,8-16)9-17-12-6-4-11(14)5-7-12/h4-7,10,15-16H,8-9H2,1-3H3. The van der Waals surface area contributed by atoms with Gasteiger partial charge in [0.05, 0.1) is 6.61 Å². The topological polar surface area (TPSA) is 32.3 Å². The Morgan fingerprint density at radius 2 is 1.94 bits per heavy atom. The Labute approximate surface area is 116 Å². The van der Waals surface area contributed by atoms with Gasteiger partial charge in [-0.1, -0.05) is 29.8 Å². The van der Waals surface area contributed by atoms with E-state index in [0.717, 1.165) is 10.2 Å². The summed E-state index contributed by atoms with van der Waals surface area (Å²) in [5, 5.41) is 12.9. The number of thioether (sulfide) groups is 1. The molecular formula is C13H20BrNOS. The molecular weight excluding hydrogens is 298 g/mol. The number of nitrogens with one attached hydrogen (secondary N) is 1. The summed E-state index contributed by atoms with van der Waals surface area (Å²) in [5.41, 5.74) is -0.230. The van der Waals surface area contributed by atoms with Gasteiger partial charge in [0.25, 0.3) is 0 Å². The maximum atomic E-state index is 9.47. The van der Waals surface area contributed by atoms with Gasteiger partial charge in [-0.05, 0) is 31.2 Å². The number of halogens is 1. The van der Waals surface area contributed by atoms with Crippen LogP contribution in [0.3, 0.4) is 0 Å². The van der Waals surface area contributed by atoms with E-state index in [1.807, 2.05) is 12.1 Å². The Morgan fingerprint density at radius 1 is 1.35 bits per heavy atom. The minimum Gasteiger partial charge on any atom is -0.394 e. The molecule has 17 heavy (non-hydrogen) atoms. The van der Waals surface area contributed by atoms with E-state index in [-0.39, 0.29) is 12.1 Å². The lowest BCUT2D eigenvalue weighted by atomic mass is 10.1. The number of aliphatic hydroxyl groups excluding tert-OH is 1. The van der Waals surface area contributed by atoms with E-state index in [1.165, 1.54) is 4.90 Å². The van der Waals surface area contributed by atoms with Crippen molar-refractivity contribution in [3.05, 3.63) is 28.7 Å². The van der Waals surface area contributed by atoms with Gasteiger partial charge < -0.3 is 10.4 Å². The van der Waals surface area contributed by atoms with E-state index in [4.69, 9.17) is 0 Å². The Morgan fingerprint density at radius 3 is 2.41 bits per heavy atom. The molecule has 0 bridgehead atoms. The molecule has 2 nitrogen and oxygen atoms in total. The van der Waals surface area contributed by atoms with Crippen molar-refractivity contribution in [2.24, 2.45) is 0 Å². The third kappa shape index (κ3) is 5.42. The zero-order valence-corrected chi connectivity index (χ0v) is 12.9. The average Bonchev–Trinajstić information content (AvgIpc) is 2.27. The zero-order valence-electron chi connectivity index (χ0n) is 10.5. The summed E-state index contributed by atoms with van der Waals surface area (Å²) in [7, 11) is 0. The molecule has 0 aliphatic rings. The molecule has 0 saturated heterocycles. The molecule has 0 aromatic heterocycles. The highest BCUT2D eigenvalue weighted by atomic mass is 79.9. The Bertz CT molecular complexity index is 342. The largest absolute Gasteiger partial charge is 0.394 e. The Hall–Kier alpha value is -0.0300. The average molecular weight is 318 g/mol. The van der Waals surface area contributed by atoms with Gasteiger partial charge in [-0.3, -0.25) is 0 Å². The van der Waals surface area contributed by atoms with Gasteiger partial charge >= 0.3 is 0 Å². The molecule has 0 fully saturated rings. The number of aliphatic hydroxyl groups is 1. The third-order valence-corrected chi connectivity index (χ3v) is 4.27. The molecule has 0 amide bonds. The number of rotatable bonds is 6. The molecule has 0 radical (unpaired) electrons. The third-order valence-electron chi connectivity index (χ3n) is 2.36. The van der Waals surface area contributed by atoms with Gasteiger partial charge in [-0.25, -0.2) is 0 Å². The predicted molar refractivity (Wildman–Crippen MR) is 78.6 cm³/mol. The van der Waals surface area contributed by atoms with E-state index in [9.17, 15) is 5.11 Å². The van der Waals surface area contributed by atoms with Crippen LogP contribution in [0.1, 0.15) is 20.8 Å². The molecule has 0 aliphatic heterocycles. The molecule has 4 heteroatoms. The summed E-state index contributed by atoms with van der Waals surface area (Å²) in [4.78, 5) is 1.22. The van der Waals surface area contributed by atoms with Crippen LogP contribution in [0.2, 0.25) is 0 Å². The normalized spacial score (nSPS) is 14.9. The maximum Gasteiger partial charge on any atom is 0.0618 e. The fourth-order valence-electron chi connectivity index (χ4n) is 1.60. The molecule has 0 saturated carbocycles. The lowest BCUT2D eigenvalue weighted by Crippen LogP contribution is -2.51. The summed E-state index contributed by atoms with van der Waals surface area (Å²) < 4.78 is 1.09. The molecule has 1 atom stereocenters. The highest BCUT2D eigenvalue weighted by Crippen LogP contribution is 2.24. The minimum atomic E-state index is -0.230. The molecule has 0 spiro atoms. The van der Waals surface area contributed by atoms with Crippen LogP contribution in [0.5, 0.6) is 0 Å². The summed E-state index contributed by atoms with van der Waals surface area (Å²) in [6.07, 6.45) is 0. The second kappa shape index (κ2) is 6.78. The van der Waals surface area contributed by atoms with Crippen molar-refractivity contribution < 1.29 is 5.11 Å². The van der Waals surface area contributed by atoms with Crippen molar-refractivity contribution in [3.63, 3.8) is 0 Å². The van der Waals surface area contributed by atoms with Crippen LogP contribution in [-0.2, 0) is 0 Å². The van der Waals surface area contributed by atoms with Gasteiger partial charge in [0.2, 0.25) is 0 Å². The summed E-state index contributed by atoms with van der Waals surface area (Å²) >= 11 is 5.18. The number of benzene rings is 1. The molecule has 2 N–H and O–H groups in total. The van der Waals surface area contributed by atoms with Crippen molar-refractivity contribution in [1.82, 2.24) is 5.32 Å². The van der Waals surface area contributed by atoms with E-state index in [0.29, 0.717) is 6.04 Å². The summed E-state index contributed by atoms with van der Waals surface area (Å²) in [6, 6.07) is 8.62. The first-order valence-electron chi connectivity index (χ1n) is 5.72. The minimum absolute atomic E-state index is 0.148. The van der Waals surface area contributed by atoms with Crippen LogP contribution in [0.15, 0.2) is 33.6 Å². The number of hydrogen-bond acceptors (Lipinski definition) is 3. The molecule has 0 heterocycles. The van der Waals surface area contributed by atoms with Gasteiger partial charge in [0.15, 0.2) is 0 Å². The fourth-order valence-corrected chi connectivity index (χ4v) is 2.86. The molecule has 1 aromatic carbocycles. The molecule has 1 aromatic rings. The van der Waals surface area contributed by atoms with Gasteiger partial charge in [-0.15, -0.1) is 11.8 Å². The van der Waals surface area contributed by atoms with Crippen molar-refractivity contribution in [1.29, 1.82) is 0 Å². The van der Waals surface area contributed by atoms with Crippen LogP contribution < -0.4 is 5.32 Å². The highest BCUT2D eigenvalue weighted by molar-refractivity contribution is 9.10. The fraction of sp³-hybridized carbons (Fsp3) is 0.538. The molecule has 1 unspecified atom stereocenters. The van der Waals surface area contributed by atoms with Crippen LogP contribution in [0.4, 0.5) is 0 Å². The first-order valence-corrected chi connectivity index (χ1v) is 7.50. The molecule has 0 aliphatic carbocycles. The van der Waals surface area contributed by atoms with E-state index in [1.54, 1.807) is 11.8 Å². The Kier molecular flexibility index (Phi) is 6.00. The first kappa shape index (κ1) is 15.0. The van der Waals surface area contributed by atoms with Crippen LogP contribution in [0, 0.1) is 0 Å². The van der Waals surface area contributed by atoms with Crippen LogP contribution >= 0.6 is 27.7 Å². The summed E-state index contributed by atoms with van der Waals surface area (Å²) in [6.45, 7) is 6.39. The van der Waals surface area contributed by atoms with Gasteiger partial charge in [0.1, 0.15) is 0 Å². The van der Waals surface area contributed by atoms with E-state index < -0.39 is 0 Å². The lowest BCUT2D eigenvalue weighted by molar-refractivity contribution is 0.183. The quantitative estimate of drug-likeness (QED) is 0.790. The van der Waals surface area contributed by atoms with Crippen molar-refractivity contribution >= 4 is 27.7 Å². The van der Waals surface area contributed by atoms with Gasteiger partial charge in [0, 0.05) is 26.7 Å². The second-order valence-electron chi connectivity index (χ2n) is 4.76. The Balaban J connectivity index is 2.55. The van der Waals surface area contributed by atoms with Crippen molar-refractivity contribution in [3.8, 4) is 0 Å². The first-order chi connectivity index (χ1) is 7.95. The van der Waals surface area contributed by atoms with Crippen molar-refractivity contribution in [2.45, 2.75) is 37.2 Å². The number of hydrogen-bond donors (Lipinski definition) is 2.